The van der Waals surface area contributed by atoms with Crippen LogP contribution in [-0.2, 0) is 7.05 Å². The Balaban J connectivity index is 2.31. The summed E-state index contributed by atoms with van der Waals surface area (Å²) in [5.74, 6) is 0. The second-order valence-corrected chi connectivity index (χ2v) is 6.08. The van der Waals surface area contributed by atoms with Gasteiger partial charge in [-0.25, -0.2) is 9.89 Å². The Morgan fingerprint density at radius 1 is 1.45 bits per heavy atom. The third-order valence-corrected chi connectivity index (χ3v) is 4.83. The first-order valence-electron chi connectivity index (χ1n) is 6.32. The highest BCUT2D eigenvalue weighted by Crippen LogP contribution is 2.36. The molecule has 1 aromatic heterocycles. The standard InChI is InChI=1S/C13H17ClN4OS/c1-3-10(15)11(8-4-6-9(14)7-5-8)20-13-17-16-12(19)18(13)2/h4-7,10-11H,3,15H2,1-2H3,(H,16,19). The predicted molar refractivity (Wildman–Crippen MR) is 82.1 cm³/mol. The fraction of sp³-hybridized carbons (Fsp3) is 0.385. The van der Waals surface area contributed by atoms with E-state index in [0.29, 0.717) is 10.2 Å². The Kier molecular flexibility index (Phi) is 4.91. The number of hydrogen-bond donors (Lipinski definition) is 2. The van der Waals surface area contributed by atoms with Gasteiger partial charge in [0, 0.05) is 18.1 Å². The number of halogens is 1. The van der Waals surface area contributed by atoms with E-state index in [4.69, 9.17) is 17.3 Å². The second kappa shape index (κ2) is 6.47. The minimum Gasteiger partial charge on any atom is -0.326 e. The molecule has 0 aliphatic rings. The number of benzene rings is 1. The predicted octanol–water partition coefficient (Wildman–Crippen LogP) is 2.33. The van der Waals surface area contributed by atoms with E-state index in [2.05, 4.69) is 10.2 Å². The quantitative estimate of drug-likeness (QED) is 0.831. The van der Waals surface area contributed by atoms with Crippen LogP contribution in [0.25, 0.3) is 0 Å². The molecule has 0 radical (unpaired) electrons. The van der Waals surface area contributed by atoms with Crippen molar-refractivity contribution in [2.75, 3.05) is 0 Å². The van der Waals surface area contributed by atoms with Gasteiger partial charge in [-0.15, -0.1) is 5.10 Å². The topological polar surface area (TPSA) is 76.7 Å². The fourth-order valence-electron chi connectivity index (χ4n) is 1.82. The fourth-order valence-corrected chi connectivity index (χ4v) is 3.17. The molecule has 2 unspecified atom stereocenters. The van der Waals surface area contributed by atoms with Gasteiger partial charge in [0.25, 0.3) is 0 Å². The van der Waals surface area contributed by atoms with Crippen LogP contribution in [0.3, 0.4) is 0 Å². The molecule has 1 aromatic carbocycles. The van der Waals surface area contributed by atoms with Crippen LogP contribution in [0.1, 0.15) is 24.2 Å². The van der Waals surface area contributed by atoms with Crippen molar-refractivity contribution in [2.45, 2.75) is 29.8 Å². The summed E-state index contributed by atoms with van der Waals surface area (Å²) in [6.45, 7) is 2.04. The largest absolute Gasteiger partial charge is 0.343 e. The van der Waals surface area contributed by atoms with Gasteiger partial charge in [0.05, 0.1) is 5.25 Å². The van der Waals surface area contributed by atoms with Gasteiger partial charge in [-0.05, 0) is 24.1 Å². The van der Waals surface area contributed by atoms with Crippen LogP contribution in [0.15, 0.2) is 34.2 Å². The summed E-state index contributed by atoms with van der Waals surface area (Å²) in [5, 5.41) is 7.79. The molecule has 0 spiro atoms. The van der Waals surface area contributed by atoms with Gasteiger partial charge in [-0.2, -0.15) is 0 Å². The molecule has 0 saturated carbocycles. The summed E-state index contributed by atoms with van der Waals surface area (Å²) in [7, 11) is 1.69. The number of thioether (sulfide) groups is 1. The normalized spacial score (nSPS) is 14.2. The number of nitrogens with two attached hydrogens (primary N) is 1. The molecule has 20 heavy (non-hydrogen) atoms. The Labute approximate surface area is 126 Å². The first-order valence-corrected chi connectivity index (χ1v) is 7.57. The lowest BCUT2D eigenvalue weighted by Gasteiger charge is -2.22. The van der Waals surface area contributed by atoms with Gasteiger partial charge in [0.15, 0.2) is 5.16 Å². The summed E-state index contributed by atoms with van der Waals surface area (Å²) in [5.41, 5.74) is 7.06. The number of aromatic amines is 1. The zero-order valence-corrected chi connectivity index (χ0v) is 12.9. The number of aromatic nitrogens is 3. The van der Waals surface area contributed by atoms with E-state index in [0.717, 1.165) is 12.0 Å². The van der Waals surface area contributed by atoms with E-state index in [1.165, 1.54) is 16.3 Å². The SMILES string of the molecule is CCC(N)C(Sc1n[nH]c(=O)n1C)c1ccc(Cl)cc1. The lowest BCUT2D eigenvalue weighted by Crippen LogP contribution is -2.26. The van der Waals surface area contributed by atoms with Crippen LogP contribution in [-0.4, -0.2) is 20.8 Å². The van der Waals surface area contributed by atoms with Crippen molar-refractivity contribution < 1.29 is 0 Å². The Bertz CT molecular complexity index is 622. The van der Waals surface area contributed by atoms with Crippen LogP contribution in [0.5, 0.6) is 0 Å². The maximum atomic E-state index is 11.4. The molecule has 0 saturated heterocycles. The summed E-state index contributed by atoms with van der Waals surface area (Å²) < 4.78 is 1.48. The van der Waals surface area contributed by atoms with Crippen molar-refractivity contribution in [1.82, 2.24) is 14.8 Å². The average molecular weight is 313 g/mol. The Hall–Kier alpha value is -1.24. The average Bonchev–Trinajstić information content (AvgIpc) is 2.77. The van der Waals surface area contributed by atoms with Crippen molar-refractivity contribution in [3.05, 3.63) is 45.3 Å². The number of rotatable bonds is 5. The Morgan fingerprint density at radius 2 is 2.10 bits per heavy atom. The highest BCUT2D eigenvalue weighted by atomic mass is 35.5. The van der Waals surface area contributed by atoms with Crippen LogP contribution < -0.4 is 11.4 Å². The highest BCUT2D eigenvalue weighted by molar-refractivity contribution is 7.99. The molecule has 7 heteroatoms. The molecule has 108 valence electrons. The van der Waals surface area contributed by atoms with Crippen LogP contribution in [0, 0.1) is 0 Å². The van der Waals surface area contributed by atoms with E-state index in [1.807, 2.05) is 31.2 Å². The van der Waals surface area contributed by atoms with Gasteiger partial charge in [-0.1, -0.05) is 42.4 Å². The summed E-state index contributed by atoms with van der Waals surface area (Å²) in [6, 6.07) is 7.57. The van der Waals surface area contributed by atoms with E-state index in [9.17, 15) is 4.79 Å². The summed E-state index contributed by atoms with van der Waals surface area (Å²) >= 11 is 7.40. The first-order chi connectivity index (χ1) is 9.52. The molecule has 2 rings (SSSR count). The second-order valence-electron chi connectivity index (χ2n) is 4.53. The van der Waals surface area contributed by atoms with E-state index in [-0.39, 0.29) is 17.0 Å². The van der Waals surface area contributed by atoms with Crippen LogP contribution in [0.4, 0.5) is 0 Å². The van der Waals surface area contributed by atoms with E-state index < -0.39 is 0 Å². The van der Waals surface area contributed by atoms with E-state index >= 15 is 0 Å². The monoisotopic (exact) mass is 312 g/mol. The molecule has 5 nitrogen and oxygen atoms in total. The molecule has 0 fully saturated rings. The van der Waals surface area contributed by atoms with Crippen LogP contribution >= 0.6 is 23.4 Å². The lowest BCUT2D eigenvalue weighted by molar-refractivity contribution is 0.630. The van der Waals surface area contributed by atoms with Crippen molar-refractivity contribution in [2.24, 2.45) is 12.8 Å². The van der Waals surface area contributed by atoms with Gasteiger partial charge < -0.3 is 5.73 Å². The number of hydrogen-bond acceptors (Lipinski definition) is 4. The number of H-pyrrole nitrogens is 1. The zero-order valence-electron chi connectivity index (χ0n) is 11.3. The highest BCUT2D eigenvalue weighted by Gasteiger charge is 2.22. The molecule has 0 bridgehead atoms. The van der Waals surface area contributed by atoms with Gasteiger partial charge in [0.2, 0.25) is 0 Å². The minimum atomic E-state index is -0.229. The molecule has 2 atom stereocenters. The third kappa shape index (κ3) is 3.26. The van der Waals surface area contributed by atoms with Crippen molar-refractivity contribution in [1.29, 1.82) is 0 Å². The van der Waals surface area contributed by atoms with Crippen LogP contribution in [0.2, 0.25) is 5.02 Å². The third-order valence-electron chi connectivity index (χ3n) is 3.13. The maximum Gasteiger partial charge on any atom is 0.343 e. The Morgan fingerprint density at radius 3 is 2.60 bits per heavy atom. The van der Waals surface area contributed by atoms with Gasteiger partial charge >= 0.3 is 5.69 Å². The van der Waals surface area contributed by atoms with Gasteiger partial charge in [-0.3, -0.25) is 4.57 Å². The summed E-state index contributed by atoms with van der Waals surface area (Å²) in [6.07, 6.45) is 0.832. The number of nitrogens with one attached hydrogen (secondary N) is 1. The maximum absolute atomic E-state index is 11.4. The van der Waals surface area contributed by atoms with Crippen molar-refractivity contribution in [3.63, 3.8) is 0 Å². The summed E-state index contributed by atoms with van der Waals surface area (Å²) in [4.78, 5) is 11.4. The molecular weight excluding hydrogens is 296 g/mol. The van der Waals surface area contributed by atoms with Crippen molar-refractivity contribution >= 4 is 23.4 Å². The van der Waals surface area contributed by atoms with E-state index in [1.54, 1.807) is 7.05 Å². The lowest BCUT2D eigenvalue weighted by atomic mass is 10.0. The molecule has 3 N–H and O–H groups in total. The molecule has 0 amide bonds. The molecule has 1 heterocycles. The molecule has 0 aliphatic heterocycles. The van der Waals surface area contributed by atoms with Crippen molar-refractivity contribution in [3.8, 4) is 0 Å². The number of nitrogens with zero attached hydrogens (tertiary/aromatic N) is 2. The first kappa shape index (κ1) is 15.2. The molecule has 0 aliphatic carbocycles. The minimum absolute atomic E-state index is 0.0196. The molecule has 2 aromatic rings. The zero-order chi connectivity index (χ0) is 14.7. The molecular formula is C13H17ClN4OS. The smallest absolute Gasteiger partial charge is 0.326 e. The van der Waals surface area contributed by atoms with Gasteiger partial charge in [0.1, 0.15) is 0 Å².